The molecule has 1 aliphatic rings. The van der Waals surface area contributed by atoms with E-state index in [0.29, 0.717) is 0 Å². The van der Waals surface area contributed by atoms with Gasteiger partial charge >= 0.3 is 0 Å². The standard InChI is InChI=1S/C18H23N3O/c1-14-4-6-18(7-5-14)21-15(2)12-17(16(21)3)13-19-20-8-10-22-11-9-20/h4-7,12-13H,8-11H2,1-3H3/b19-13-. The van der Waals surface area contributed by atoms with Crippen molar-refractivity contribution in [1.29, 1.82) is 0 Å². The molecule has 0 amide bonds. The number of hydrogen-bond acceptors (Lipinski definition) is 3. The number of benzene rings is 1. The summed E-state index contributed by atoms with van der Waals surface area (Å²) in [6, 6.07) is 10.8. The van der Waals surface area contributed by atoms with Crippen molar-refractivity contribution < 1.29 is 4.74 Å². The molecule has 4 heteroatoms. The molecule has 1 aliphatic heterocycles. The van der Waals surface area contributed by atoms with Gasteiger partial charge in [-0.25, -0.2) is 0 Å². The minimum absolute atomic E-state index is 0.764. The van der Waals surface area contributed by atoms with E-state index in [0.717, 1.165) is 26.3 Å². The zero-order chi connectivity index (χ0) is 15.5. The Morgan fingerprint density at radius 1 is 1.05 bits per heavy atom. The van der Waals surface area contributed by atoms with Gasteiger partial charge in [-0.1, -0.05) is 17.7 Å². The van der Waals surface area contributed by atoms with Gasteiger partial charge in [-0.15, -0.1) is 0 Å². The Kier molecular flexibility index (Phi) is 4.29. The largest absolute Gasteiger partial charge is 0.378 e. The summed E-state index contributed by atoms with van der Waals surface area (Å²) in [6.07, 6.45) is 1.97. The molecule has 0 aliphatic carbocycles. The lowest BCUT2D eigenvalue weighted by molar-refractivity contribution is 0.0397. The van der Waals surface area contributed by atoms with E-state index in [4.69, 9.17) is 4.74 Å². The summed E-state index contributed by atoms with van der Waals surface area (Å²) < 4.78 is 7.62. The van der Waals surface area contributed by atoms with Gasteiger partial charge in [0.15, 0.2) is 0 Å². The highest BCUT2D eigenvalue weighted by Crippen LogP contribution is 2.20. The minimum Gasteiger partial charge on any atom is -0.378 e. The summed E-state index contributed by atoms with van der Waals surface area (Å²) in [6.45, 7) is 9.66. The van der Waals surface area contributed by atoms with Crippen LogP contribution in [-0.2, 0) is 4.74 Å². The van der Waals surface area contributed by atoms with Gasteiger partial charge in [-0.2, -0.15) is 5.10 Å². The van der Waals surface area contributed by atoms with Crippen LogP contribution in [0.15, 0.2) is 35.4 Å². The van der Waals surface area contributed by atoms with Crippen LogP contribution in [0.5, 0.6) is 0 Å². The van der Waals surface area contributed by atoms with Crippen LogP contribution in [0.4, 0.5) is 0 Å². The van der Waals surface area contributed by atoms with Crippen LogP contribution in [0.1, 0.15) is 22.5 Å². The maximum Gasteiger partial charge on any atom is 0.0659 e. The third kappa shape index (κ3) is 3.07. The Labute approximate surface area is 132 Å². The van der Waals surface area contributed by atoms with Crippen LogP contribution in [0, 0.1) is 20.8 Å². The smallest absolute Gasteiger partial charge is 0.0659 e. The Balaban J connectivity index is 1.86. The van der Waals surface area contributed by atoms with Gasteiger partial charge in [0.1, 0.15) is 0 Å². The van der Waals surface area contributed by atoms with Gasteiger partial charge in [-0.3, -0.25) is 5.01 Å². The van der Waals surface area contributed by atoms with Gasteiger partial charge in [0, 0.05) is 22.6 Å². The summed E-state index contributed by atoms with van der Waals surface area (Å²) in [5, 5.41) is 6.66. The van der Waals surface area contributed by atoms with Crippen molar-refractivity contribution in [3.05, 3.63) is 52.8 Å². The van der Waals surface area contributed by atoms with E-state index < -0.39 is 0 Å². The third-order valence-electron chi connectivity index (χ3n) is 4.11. The van der Waals surface area contributed by atoms with Crippen LogP contribution < -0.4 is 0 Å². The van der Waals surface area contributed by atoms with E-state index in [1.165, 1.54) is 28.2 Å². The van der Waals surface area contributed by atoms with Crippen LogP contribution in [0.3, 0.4) is 0 Å². The number of hydrogen-bond donors (Lipinski definition) is 0. The Morgan fingerprint density at radius 2 is 1.73 bits per heavy atom. The van der Waals surface area contributed by atoms with Gasteiger partial charge < -0.3 is 9.30 Å². The van der Waals surface area contributed by atoms with Crippen LogP contribution >= 0.6 is 0 Å². The average Bonchev–Trinajstić information content (AvgIpc) is 2.82. The SMILES string of the molecule is Cc1ccc(-n2c(C)cc(/C=N\N3CCOCC3)c2C)cc1. The molecule has 2 aromatic rings. The van der Waals surface area contributed by atoms with Crippen molar-refractivity contribution in [3.8, 4) is 5.69 Å². The highest BCUT2D eigenvalue weighted by molar-refractivity contribution is 5.82. The molecular weight excluding hydrogens is 274 g/mol. The van der Waals surface area contributed by atoms with E-state index in [1.54, 1.807) is 0 Å². The van der Waals surface area contributed by atoms with Crippen LogP contribution in [0.25, 0.3) is 5.69 Å². The highest BCUT2D eigenvalue weighted by atomic mass is 16.5. The van der Waals surface area contributed by atoms with Crippen molar-refractivity contribution >= 4 is 6.21 Å². The zero-order valence-corrected chi connectivity index (χ0v) is 13.5. The summed E-state index contributed by atoms with van der Waals surface area (Å²) in [4.78, 5) is 0. The summed E-state index contributed by atoms with van der Waals surface area (Å²) >= 11 is 0. The molecule has 1 aromatic carbocycles. The maximum atomic E-state index is 5.35. The lowest BCUT2D eigenvalue weighted by Gasteiger charge is -2.23. The highest BCUT2D eigenvalue weighted by Gasteiger charge is 2.11. The first-order valence-electron chi connectivity index (χ1n) is 7.78. The molecule has 0 spiro atoms. The quantitative estimate of drug-likeness (QED) is 0.815. The second-order valence-corrected chi connectivity index (χ2v) is 5.81. The van der Waals surface area contributed by atoms with Crippen molar-refractivity contribution in [2.24, 2.45) is 5.10 Å². The predicted molar refractivity (Wildman–Crippen MR) is 90.0 cm³/mol. The Bertz CT molecular complexity index is 664. The Hall–Kier alpha value is -2.07. The first-order valence-corrected chi connectivity index (χ1v) is 7.78. The normalized spacial score (nSPS) is 15.7. The van der Waals surface area contributed by atoms with E-state index in [1.807, 2.05) is 6.21 Å². The summed E-state index contributed by atoms with van der Waals surface area (Å²) in [5.41, 5.74) is 6.10. The third-order valence-corrected chi connectivity index (χ3v) is 4.11. The van der Waals surface area contributed by atoms with Gasteiger partial charge in [0.2, 0.25) is 0 Å². The lowest BCUT2D eigenvalue weighted by Crippen LogP contribution is -2.32. The topological polar surface area (TPSA) is 29.8 Å². The summed E-state index contributed by atoms with van der Waals surface area (Å²) in [5.74, 6) is 0. The molecule has 1 saturated heterocycles. The molecule has 3 rings (SSSR count). The van der Waals surface area contributed by atoms with E-state index in [-0.39, 0.29) is 0 Å². The molecule has 0 unspecified atom stereocenters. The van der Waals surface area contributed by atoms with Crippen LogP contribution in [-0.4, -0.2) is 42.1 Å². The molecule has 0 atom stereocenters. The lowest BCUT2D eigenvalue weighted by atomic mass is 10.2. The molecule has 1 fully saturated rings. The molecule has 0 N–H and O–H groups in total. The number of aryl methyl sites for hydroxylation is 2. The first-order chi connectivity index (χ1) is 10.6. The number of morpholine rings is 1. The van der Waals surface area contributed by atoms with E-state index >= 15 is 0 Å². The molecule has 2 heterocycles. The summed E-state index contributed by atoms with van der Waals surface area (Å²) in [7, 11) is 0. The molecular formula is C18H23N3O. The zero-order valence-electron chi connectivity index (χ0n) is 13.5. The first kappa shape index (κ1) is 14.9. The van der Waals surface area contributed by atoms with Gasteiger partial charge in [-0.05, 0) is 39.0 Å². The average molecular weight is 297 g/mol. The maximum absolute atomic E-state index is 5.35. The monoisotopic (exact) mass is 297 g/mol. The fourth-order valence-electron chi connectivity index (χ4n) is 2.82. The number of aromatic nitrogens is 1. The predicted octanol–water partition coefficient (Wildman–Crippen LogP) is 3.07. The fourth-order valence-corrected chi connectivity index (χ4v) is 2.82. The molecule has 0 radical (unpaired) electrons. The second kappa shape index (κ2) is 6.36. The van der Waals surface area contributed by atoms with Gasteiger partial charge in [0.25, 0.3) is 0 Å². The van der Waals surface area contributed by atoms with Crippen molar-refractivity contribution in [2.75, 3.05) is 26.3 Å². The van der Waals surface area contributed by atoms with E-state index in [9.17, 15) is 0 Å². The molecule has 1 aromatic heterocycles. The van der Waals surface area contributed by atoms with Crippen molar-refractivity contribution in [2.45, 2.75) is 20.8 Å². The number of hydrazone groups is 1. The second-order valence-electron chi connectivity index (χ2n) is 5.81. The Morgan fingerprint density at radius 3 is 2.41 bits per heavy atom. The van der Waals surface area contributed by atoms with E-state index in [2.05, 4.69) is 65.8 Å². The molecule has 116 valence electrons. The van der Waals surface area contributed by atoms with Crippen molar-refractivity contribution in [3.63, 3.8) is 0 Å². The van der Waals surface area contributed by atoms with Gasteiger partial charge in [0.05, 0.1) is 32.5 Å². The fraction of sp³-hybridized carbons (Fsp3) is 0.389. The number of nitrogens with zero attached hydrogens (tertiary/aromatic N) is 3. The minimum atomic E-state index is 0.764. The molecule has 0 saturated carbocycles. The van der Waals surface area contributed by atoms with Crippen molar-refractivity contribution in [1.82, 2.24) is 9.58 Å². The number of ether oxygens (including phenoxy) is 1. The molecule has 0 bridgehead atoms. The molecule has 4 nitrogen and oxygen atoms in total. The number of rotatable bonds is 3. The van der Waals surface area contributed by atoms with Crippen LogP contribution in [0.2, 0.25) is 0 Å². The molecule has 22 heavy (non-hydrogen) atoms.